The van der Waals surface area contributed by atoms with Crippen LogP contribution in [0.5, 0.6) is 0 Å². The van der Waals surface area contributed by atoms with Gasteiger partial charge in [0.2, 0.25) is 0 Å². The molecule has 0 atom stereocenters. The Morgan fingerprint density at radius 2 is 2.14 bits per heavy atom. The number of rotatable bonds is 2. The summed E-state index contributed by atoms with van der Waals surface area (Å²) in [6, 6.07) is 3.52. The molecular formula is C9H12IN3O. The molecule has 0 fully saturated rings. The summed E-state index contributed by atoms with van der Waals surface area (Å²) in [5, 5.41) is 0. The van der Waals surface area contributed by atoms with E-state index in [0.717, 1.165) is 5.69 Å². The molecule has 0 bridgehead atoms. The van der Waals surface area contributed by atoms with Crippen LogP contribution in [0.3, 0.4) is 0 Å². The number of aryl methyl sites for hydroxylation is 1. The average molecular weight is 305 g/mol. The van der Waals surface area contributed by atoms with Crippen molar-refractivity contribution < 1.29 is 4.79 Å². The van der Waals surface area contributed by atoms with Crippen molar-refractivity contribution in [2.75, 3.05) is 17.6 Å². The van der Waals surface area contributed by atoms with Crippen LogP contribution in [0.15, 0.2) is 12.1 Å². The highest BCUT2D eigenvalue weighted by molar-refractivity contribution is 14.1. The van der Waals surface area contributed by atoms with Gasteiger partial charge in [0.25, 0.3) is 5.91 Å². The predicted octanol–water partition coefficient (Wildman–Crippen LogP) is 1.85. The molecule has 14 heavy (non-hydrogen) atoms. The Labute approximate surface area is 97.2 Å². The van der Waals surface area contributed by atoms with Crippen molar-refractivity contribution in [2.24, 2.45) is 0 Å². The summed E-state index contributed by atoms with van der Waals surface area (Å²) in [6.07, 6.45) is 0. The number of nitrogens with one attached hydrogen (secondary N) is 1. The van der Waals surface area contributed by atoms with Crippen LogP contribution in [0.25, 0.3) is 0 Å². The number of carbonyl (C=O) groups is 1. The van der Waals surface area contributed by atoms with Gasteiger partial charge in [-0.15, -0.1) is 0 Å². The lowest BCUT2D eigenvalue weighted by atomic mass is 10.2. The van der Waals surface area contributed by atoms with Crippen LogP contribution in [-0.2, 0) is 0 Å². The molecule has 5 heteroatoms. The molecule has 0 aliphatic heterocycles. The summed E-state index contributed by atoms with van der Waals surface area (Å²) in [7, 11) is 3.46. The molecule has 0 aromatic carbocycles. The molecule has 1 amide bonds. The summed E-state index contributed by atoms with van der Waals surface area (Å²) in [6.45, 7) is 1.86. The third kappa shape index (κ3) is 2.57. The SMILES string of the molecule is Cc1cc(C(=O)N(C)C)cc(NI)n1. The first-order valence-corrected chi connectivity index (χ1v) is 5.19. The van der Waals surface area contributed by atoms with Crippen molar-refractivity contribution in [3.63, 3.8) is 0 Å². The van der Waals surface area contributed by atoms with Crippen LogP contribution >= 0.6 is 22.9 Å². The van der Waals surface area contributed by atoms with Crippen LogP contribution in [0, 0.1) is 6.92 Å². The summed E-state index contributed by atoms with van der Waals surface area (Å²) in [5.41, 5.74) is 1.48. The number of pyridine rings is 1. The smallest absolute Gasteiger partial charge is 0.253 e. The van der Waals surface area contributed by atoms with Crippen molar-refractivity contribution >= 4 is 34.6 Å². The third-order valence-electron chi connectivity index (χ3n) is 1.70. The standard InChI is InChI=1S/C9H12IN3O/c1-6-4-7(9(14)13(2)3)5-8(11-6)12-10/h4-5H,1-3H3,(H,11,12). The van der Waals surface area contributed by atoms with Crippen molar-refractivity contribution in [1.82, 2.24) is 9.88 Å². The second-order valence-electron chi connectivity index (χ2n) is 3.18. The fourth-order valence-electron chi connectivity index (χ4n) is 1.10. The maximum Gasteiger partial charge on any atom is 0.253 e. The van der Waals surface area contributed by atoms with E-state index in [2.05, 4.69) is 8.51 Å². The molecule has 0 aliphatic rings. The normalized spacial score (nSPS) is 9.71. The molecule has 1 aromatic rings. The number of anilines is 1. The van der Waals surface area contributed by atoms with E-state index < -0.39 is 0 Å². The highest BCUT2D eigenvalue weighted by Gasteiger charge is 2.09. The minimum Gasteiger partial charge on any atom is -0.345 e. The zero-order valence-corrected chi connectivity index (χ0v) is 10.5. The largest absolute Gasteiger partial charge is 0.345 e. The van der Waals surface area contributed by atoms with Crippen molar-refractivity contribution in [2.45, 2.75) is 6.92 Å². The minimum atomic E-state index is -0.0107. The van der Waals surface area contributed by atoms with Gasteiger partial charge < -0.3 is 8.43 Å². The highest BCUT2D eigenvalue weighted by atomic mass is 127. The van der Waals surface area contributed by atoms with Gasteiger partial charge in [-0.1, -0.05) is 0 Å². The predicted molar refractivity (Wildman–Crippen MR) is 64.6 cm³/mol. The molecule has 76 valence electrons. The molecule has 0 saturated heterocycles. The average Bonchev–Trinajstić information content (AvgIpc) is 2.15. The number of nitrogens with zero attached hydrogens (tertiary/aromatic N) is 2. The number of hydrogen-bond donors (Lipinski definition) is 1. The molecule has 0 radical (unpaired) electrons. The Morgan fingerprint density at radius 1 is 1.50 bits per heavy atom. The Kier molecular flexibility index (Phi) is 3.68. The van der Waals surface area contributed by atoms with E-state index in [-0.39, 0.29) is 5.91 Å². The summed E-state index contributed by atoms with van der Waals surface area (Å²) in [4.78, 5) is 17.4. The lowest BCUT2D eigenvalue weighted by Gasteiger charge is -2.11. The number of aromatic nitrogens is 1. The lowest BCUT2D eigenvalue weighted by molar-refractivity contribution is 0.0827. The van der Waals surface area contributed by atoms with Crippen molar-refractivity contribution in [3.05, 3.63) is 23.4 Å². The van der Waals surface area contributed by atoms with Crippen LogP contribution in [-0.4, -0.2) is 29.9 Å². The molecule has 1 N–H and O–H groups in total. The van der Waals surface area contributed by atoms with Crippen LogP contribution in [0.1, 0.15) is 16.1 Å². The fourth-order valence-corrected chi connectivity index (χ4v) is 1.37. The van der Waals surface area contributed by atoms with Crippen molar-refractivity contribution in [3.8, 4) is 0 Å². The maximum absolute atomic E-state index is 11.6. The van der Waals surface area contributed by atoms with Gasteiger partial charge in [-0.05, 0) is 19.1 Å². The Hall–Kier alpha value is -0.850. The number of carbonyl (C=O) groups excluding carboxylic acids is 1. The monoisotopic (exact) mass is 305 g/mol. The van der Waals surface area contributed by atoms with Gasteiger partial charge in [-0.3, -0.25) is 4.79 Å². The van der Waals surface area contributed by atoms with E-state index in [1.54, 1.807) is 31.1 Å². The Morgan fingerprint density at radius 3 is 2.64 bits per heavy atom. The van der Waals surface area contributed by atoms with E-state index in [9.17, 15) is 4.79 Å². The third-order valence-corrected chi connectivity index (χ3v) is 2.26. The van der Waals surface area contributed by atoms with E-state index in [4.69, 9.17) is 0 Å². The van der Waals surface area contributed by atoms with Gasteiger partial charge in [0, 0.05) is 25.4 Å². The number of hydrogen-bond acceptors (Lipinski definition) is 3. The topological polar surface area (TPSA) is 45.2 Å². The first-order chi connectivity index (χ1) is 6.54. The van der Waals surface area contributed by atoms with Crippen molar-refractivity contribution in [1.29, 1.82) is 0 Å². The Bertz CT molecular complexity index is 352. The summed E-state index contributed by atoms with van der Waals surface area (Å²) >= 11 is 1.99. The fraction of sp³-hybridized carbons (Fsp3) is 0.333. The van der Waals surface area contributed by atoms with Crippen LogP contribution in [0.2, 0.25) is 0 Å². The second-order valence-corrected chi connectivity index (χ2v) is 3.72. The lowest BCUT2D eigenvalue weighted by Crippen LogP contribution is -2.21. The molecule has 1 rings (SSSR count). The Balaban J connectivity index is 3.09. The molecule has 4 nitrogen and oxygen atoms in total. The van der Waals surface area contributed by atoms with E-state index in [1.165, 1.54) is 0 Å². The molecule has 0 aliphatic carbocycles. The van der Waals surface area contributed by atoms with Gasteiger partial charge in [-0.25, -0.2) is 4.98 Å². The molecule has 0 unspecified atom stereocenters. The van der Waals surface area contributed by atoms with E-state index >= 15 is 0 Å². The zero-order valence-electron chi connectivity index (χ0n) is 8.34. The summed E-state index contributed by atoms with van der Waals surface area (Å²) in [5.74, 6) is 0.694. The van der Waals surface area contributed by atoms with Gasteiger partial charge >= 0.3 is 0 Å². The maximum atomic E-state index is 11.6. The van der Waals surface area contributed by atoms with Gasteiger partial charge in [0.05, 0.1) is 22.9 Å². The minimum absolute atomic E-state index is 0.0107. The molecule has 1 heterocycles. The van der Waals surface area contributed by atoms with Gasteiger partial charge in [-0.2, -0.15) is 0 Å². The zero-order chi connectivity index (χ0) is 10.7. The molecule has 0 spiro atoms. The molecule has 1 aromatic heterocycles. The van der Waals surface area contributed by atoms with Gasteiger partial charge in [0.15, 0.2) is 0 Å². The first kappa shape index (κ1) is 11.2. The number of halogens is 1. The van der Waals surface area contributed by atoms with E-state index in [0.29, 0.717) is 11.4 Å². The molecular weight excluding hydrogens is 293 g/mol. The van der Waals surface area contributed by atoms with E-state index in [1.807, 2.05) is 29.8 Å². The highest BCUT2D eigenvalue weighted by Crippen LogP contribution is 2.12. The first-order valence-electron chi connectivity index (χ1n) is 4.11. The van der Waals surface area contributed by atoms with Gasteiger partial charge in [0.1, 0.15) is 5.82 Å². The van der Waals surface area contributed by atoms with Crippen LogP contribution < -0.4 is 3.53 Å². The molecule has 0 saturated carbocycles. The quantitative estimate of drug-likeness (QED) is 0.670. The summed E-state index contributed by atoms with van der Waals surface area (Å²) < 4.78 is 2.89. The number of amides is 1. The second kappa shape index (κ2) is 4.59. The van der Waals surface area contributed by atoms with Crippen LogP contribution in [0.4, 0.5) is 5.82 Å².